The molecule has 0 saturated heterocycles. The summed E-state index contributed by atoms with van der Waals surface area (Å²) in [4.78, 5) is 10.3. The van der Waals surface area contributed by atoms with Crippen LogP contribution in [0.3, 0.4) is 0 Å². The summed E-state index contributed by atoms with van der Waals surface area (Å²) in [5, 5.41) is 14.2. The van der Waals surface area contributed by atoms with E-state index in [9.17, 15) is 10.1 Å². The molecule has 1 N–H and O–H groups in total. The van der Waals surface area contributed by atoms with Crippen LogP contribution in [0, 0.1) is 16.0 Å². The monoisotopic (exact) mass is 234 g/mol. The molecular weight excluding hydrogens is 216 g/mol. The topological polar surface area (TPSA) is 55.2 Å². The van der Waals surface area contributed by atoms with E-state index in [0.29, 0.717) is 6.04 Å². The van der Waals surface area contributed by atoms with Crippen LogP contribution >= 0.6 is 0 Å². The first-order chi connectivity index (χ1) is 8.11. The van der Waals surface area contributed by atoms with Crippen LogP contribution in [0.25, 0.3) is 0 Å². The van der Waals surface area contributed by atoms with Crippen molar-refractivity contribution in [2.75, 3.05) is 0 Å². The summed E-state index contributed by atoms with van der Waals surface area (Å²) in [7, 11) is 0. The number of hydrogen-bond donors (Lipinski definition) is 1. The average Bonchev–Trinajstić information content (AvgIpc) is 3.07. The zero-order valence-electron chi connectivity index (χ0n) is 10.2. The van der Waals surface area contributed by atoms with Gasteiger partial charge in [0.15, 0.2) is 0 Å². The van der Waals surface area contributed by atoms with Gasteiger partial charge in [-0.25, -0.2) is 0 Å². The molecule has 92 valence electrons. The van der Waals surface area contributed by atoms with Gasteiger partial charge >= 0.3 is 0 Å². The van der Waals surface area contributed by atoms with Crippen LogP contribution in [0.5, 0.6) is 0 Å². The highest BCUT2D eigenvalue weighted by Gasteiger charge is 2.35. The summed E-state index contributed by atoms with van der Waals surface area (Å²) < 4.78 is 0. The first-order valence-electron chi connectivity index (χ1n) is 6.12. The van der Waals surface area contributed by atoms with Crippen molar-refractivity contribution >= 4 is 5.69 Å². The van der Waals surface area contributed by atoms with Crippen LogP contribution in [0.2, 0.25) is 0 Å². The molecule has 0 aromatic heterocycles. The minimum Gasteiger partial charge on any atom is -0.307 e. The lowest BCUT2D eigenvalue weighted by molar-refractivity contribution is -0.384. The minimum atomic E-state index is -0.345. The van der Waals surface area contributed by atoms with Crippen LogP contribution in [-0.2, 0) is 0 Å². The van der Waals surface area contributed by atoms with Crippen molar-refractivity contribution < 1.29 is 4.92 Å². The lowest BCUT2D eigenvalue weighted by Gasteiger charge is -2.13. The average molecular weight is 234 g/mol. The van der Waals surface area contributed by atoms with E-state index in [4.69, 9.17) is 0 Å². The predicted molar refractivity (Wildman–Crippen MR) is 66.8 cm³/mol. The van der Waals surface area contributed by atoms with Gasteiger partial charge < -0.3 is 5.32 Å². The molecule has 0 aliphatic heterocycles. The van der Waals surface area contributed by atoms with Gasteiger partial charge in [0.25, 0.3) is 5.69 Å². The van der Waals surface area contributed by atoms with Crippen molar-refractivity contribution in [3.05, 3.63) is 39.9 Å². The first kappa shape index (κ1) is 12.0. The van der Waals surface area contributed by atoms with Crippen LogP contribution in [0.4, 0.5) is 5.69 Å². The Morgan fingerprint density at radius 2 is 2.35 bits per heavy atom. The molecular formula is C13H18N2O2. The summed E-state index contributed by atoms with van der Waals surface area (Å²) in [5.74, 6) is 0.788. The van der Waals surface area contributed by atoms with E-state index in [2.05, 4.69) is 19.2 Å². The van der Waals surface area contributed by atoms with Gasteiger partial charge in [0.1, 0.15) is 0 Å². The van der Waals surface area contributed by atoms with E-state index < -0.39 is 0 Å². The number of non-ortho nitro benzene ring substituents is 1. The van der Waals surface area contributed by atoms with Crippen LogP contribution in [0.15, 0.2) is 24.3 Å². The Bertz CT molecular complexity index is 420. The van der Waals surface area contributed by atoms with Crippen LogP contribution in [0.1, 0.15) is 38.3 Å². The quantitative estimate of drug-likeness (QED) is 0.629. The highest BCUT2D eigenvalue weighted by Crippen LogP contribution is 2.35. The highest BCUT2D eigenvalue weighted by atomic mass is 16.6. The normalized spacial score (nSPS) is 24.4. The number of nitro benzene ring substituents is 1. The van der Waals surface area contributed by atoms with Crippen molar-refractivity contribution in [2.24, 2.45) is 5.92 Å². The number of nitrogens with zero attached hydrogens (tertiary/aromatic N) is 1. The smallest absolute Gasteiger partial charge is 0.269 e. The van der Waals surface area contributed by atoms with Crippen LogP contribution < -0.4 is 5.32 Å². The van der Waals surface area contributed by atoms with Gasteiger partial charge in [-0.15, -0.1) is 0 Å². The number of hydrogen-bond acceptors (Lipinski definition) is 3. The van der Waals surface area contributed by atoms with Crippen molar-refractivity contribution in [1.82, 2.24) is 5.32 Å². The fourth-order valence-electron chi connectivity index (χ4n) is 2.23. The Kier molecular flexibility index (Phi) is 3.43. The van der Waals surface area contributed by atoms with Gasteiger partial charge in [-0.3, -0.25) is 10.1 Å². The van der Waals surface area contributed by atoms with Gasteiger partial charge in [0, 0.05) is 24.2 Å². The molecule has 3 atom stereocenters. The second kappa shape index (κ2) is 4.84. The number of nitro groups is 1. The summed E-state index contributed by atoms with van der Waals surface area (Å²) >= 11 is 0. The molecule has 0 amide bonds. The first-order valence-corrected chi connectivity index (χ1v) is 6.12. The van der Waals surface area contributed by atoms with Gasteiger partial charge in [-0.1, -0.05) is 25.5 Å². The minimum absolute atomic E-state index is 0.166. The standard InChI is InChI=1S/C13H18N2O2/c1-3-10-8-13(10)14-9(2)11-5-4-6-12(7-11)15(16)17/h4-7,9-10,13-14H,3,8H2,1-2H3. The molecule has 1 aromatic carbocycles. The Balaban J connectivity index is 2.01. The molecule has 0 radical (unpaired) electrons. The molecule has 2 rings (SSSR count). The molecule has 1 aliphatic carbocycles. The van der Waals surface area contributed by atoms with E-state index in [0.717, 1.165) is 11.5 Å². The van der Waals surface area contributed by atoms with E-state index >= 15 is 0 Å². The molecule has 0 heterocycles. The molecule has 4 nitrogen and oxygen atoms in total. The molecule has 1 aliphatic rings. The molecule has 1 saturated carbocycles. The van der Waals surface area contributed by atoms with Gasteiger partial charge in [-0.2, -0.15) is 0 Å². The maximum absolute atomic E-state index is 10.7. The van der Waals surface area contributed by atoms with Crippen molar-refractivity contribution in [3.63, 3.8) is 0 Å². The summed E-state index contributed by atoms with van der Waals surface area (Å²) in [6, 6.07) is 7.64. The van der Waals surface area contributed by atoms with Gasteiger partial charge in [0.05, 0.1) is 4.92 Å². The lowest BCUT2D eigenvalue weighted by Crippen LogP contribution is -2.22. The molecule has 0 bridgehead atoms. The predicted octanol–water partition coefficient (Wildman–Crippen LogP) is 3.04. The van der Waals surface area contributed by atoms with Crippen molar-refractivity contribution in [3.8, 4) is 0 Å². The Morgan fingerprint density at radius 1 is 1.59 bits per heavy atom. The zero-order chi connectivity index (χ0) is 12.4. The highest BCUT2D eigenvalue weighted by molar-refractivity contribution is 5.35. The number of nitrogens with one attached hydrogen (secondary N) is 1. The third kappa shape index (κ3) is 2.82. The summed E-state index contributed by atoms with van der Waals surface area (Å²) in [6.07, 6.45) is 2.44. The van der Waals surface area contributed by atoms with E-state index in [1.54, 1.807) is 12.1 Å². The molecule has 4 heteroatoms. The van der Waals surface area contributed by atoms with Crippen molar-refractivity contribution in [1.29, 1.82) is 0 Å². The largest absolute Gasteiger partial charge is 0.307 e. The molecule has 1 aromatic rings. The fraction of sp³-hybridized carbons (Fsp3) is 0.538. The van der Waals surface area contributed by atoms with E-state index in [1.807, 2.05) is 6.07 Å². The zero-order valence-corrected chi connectivity index (χ0v) is 10.2. The Morgan fingerprint density at radius 3 is 2.94 bits per heavy atom. The van der Waals surface area contributed by atoms with E-state index in [1.165, 1.54) is 18.9 Å². The van der Waals surface area contributed by atoms with E-state index in [-0.39, 0.29) is 16.7 Å². The second-order valence-electron chi connectivity index (χ2n) is 4.75. The maximum Gasteiger partial charge on any atom is 0.269 e. The third-order valence-electron chi connectivity index (χ3n) is 3.49. The Hall–Kier alpha value is -1.42. The Labute approximate surface area is 101 Å². The van der Waals surface area contributed by atoms with Gasteiger partial charge in [0.2, 0.25) is 0 Å². The molecule has 1 fully saturated rings. The summed E-state index contributed by atoms with van der Waals surface area (Å²) in [6.45, 7) is 4.26. The van der Waals surface area contributed by atoms with Gasteiger partial charge in [-0.05, 0) is 24.8 Å². The maximum atomic E-state index is 10.7. The number of benzene rings is 1. The van der Waals surface area contributed by atoms with Crippen molar-refractivity contribution in [2.45, 2.75) is 38.8 Å². The SMILES string of the molecule is CCC1CC1NC(C)c1cccc([N+](=O)[O-])c1. The molecule has 0 spiro atoms. The molecule has 17 heavy (non-hydrogen) atoms. The molecule has 3 unspecified atom stereocenters. The number of rotatable bonds is 5. The second-order valence-corrected chi connectivity index (χ2v) is 4.75. The third-order valence-corrected chi connectivity index (χ3v) is 3.49. The fourth-order valence-corrected chi connectivity index (χ4v) is 2.23. The summed E-state index contributed by atoms with van der Waals surface area (Å²) in [5.41, 5.74) is 1.15. The lowest BCUT2D eigenvalue weighted by atomic mass is 10.1. The van der Waals surface area contributed by atoms with Crippen LogP contribution in [-0.4, -0.2) is 11.0 Å².